The number of hydrogen-bond donors (Lipinski definition) is 3. The fraction of sp³-hybridized carbons (Fsp3) is 0.200. The lowest BCUT2D eigenvalue weighted by molar-refractivity contribution is -0.142. The second kappa shape index (κ2) is 11.9. The molecule has 3 N–H and O–H groups in total. The summed E-state index contributed by atoms with van der Waals surface area (Å²) in [6.45, 7) is 0.852. The molecule has 6 heteroatoms. The van der Waals surface area contributed by atoms with Gasteiger partial charge in [-0.05, 0) is 59.0 Å². The number of fused-ring (bicyclic) bond motifs is 1. The largest absolute Gasteiger partial charge is 0.507 e. The number of esters is 1. The first-order valence-electron chi connectivity index (χ1n) is 12.0. The molecule has 0 fully saturated rings. The zero-order valence-corrected chi connectivity index (χ0v) is 20.2. The Morgan fingerprint density at radius 2 is 1.53 bits per heavy atom. The van der Waals surface area contributed by atoms with Crippen molar-refractivity contribution in [3.63, 3.8) is 0 Å². The average molecular weight is 483 g/mol. The van der Waals surface area contributed by atoms with E-state index in [2.05, 4.69) is 34.9 Å². The van der Waals surface area contributed by atoms with E-state index >= 15 is 0 Å². The molecule has 0 aliphatic heterocycles. The molecule has 4 aromatic carbocycles. The number of amides is 1. The number of aromatic hydroxyl groups is 1. The monoisotopic (exact) mass is 482 g/mol. The number of rotatable bonds is 10. The van der Waals surface area contributed by atoms with Crippen LogP contribution < -0.4 is 10.6 Å². The first-order chi connectivity index (χ1) is 17.5. The zero-order chi connectivity index (χ0) is 25.3. The van der Waals surface area contributed by atoms with Crippen LogP contribution in [0.25, 0.3) is 10.8 Å². The fourth-order valence-corrected chi connectivity index (χ4v) is 4.15. The third kappa shape index (κ3) is 6.42. The van der Waals surface area contributed by atoms with E-state index in [-0.39, 0.29) is 17.7 Å². The van der Waals surface area contributed by atoms with Crippen LogP contribution in [-0.2, 0) is 22.4 Å². The Morgan fingerprint density at radius 3 is 2.22 bits per heavy atom. The molecule has 184 valence electrons. The molecular weight excluding hydrogens is 452 g/mol. The topological polar surface area (TPSA) is 87.7 Å². The predicted octanol–water partition coefficient (Wildman–Crippen LogP) is 5.10. The molecule has 4 aromatic rings. The summed E-state index contributed by atoms with van der Waals surface area (Å²) in [7, 11) is 1.29. The Hall–Kier alpha value is -4.32. The van der Waals surface area contributed by atoms with Crippen molar-refractivity contribution in [2.75, 3.05) is 19.0 Å². The van der Waals surface area contributed by atoms with Crippen LogP contribution in [-0.4, -0.2) is 36.7 Å². The first kappa shape index (κ1) is 24.8. The predicted molar refractivity (Wildman–Crippen MR) is 142 cm³/mol. The summed E-state index contributed by atoms with van der Waals surface area (Å²) in [6, 6.07) is 27.9. The van der Waals surface area contributed by atoms with Crippen LogP contribution in [0, 0.1) is 0 Å². The van der Waals surface area contributed by atoms with Crippen molar-refractivity contribution in [2.45, 2.75) is 25.3 Å². The number of carbonyl (C=O) groups excluding carboxylic acids is 2. The molecule has 0 spiro atoms. The van der Waals surface area contributed by atoms with Crippen molar-refractivity contribution >= 4 is 28.3 Å². The minimum absolute atomic E-state index is 0.109. The van der Waals surface area contributed by atoms with E-state index in [0.29, 0.717) is 0 Å². The normalized spacial score (nSPS) is 11.6. The molecule has 1 atom stereocenters. The number of methoxy groups -OCH3 is 1. The van der Waals surface area contributed by atoms with Crippen molar-refractivity contribution in [1.29, 1.82) is 0 Å². The lowest BCUT2D eigenvalue weighted by Crippen LogP contribution is -2.43. The van der Waals surface area contributed by atoms with Crippen molar-refractivity contribution in [3.8, 4) is 5.75 Å². The zero-order valence-electron chi connectivity index (χ0n) is 20.2. The van der Waals surface area contributed by atoms with Crippen LogP contribution in [0.2, 0.25) is 0 Å². The Balaban J connectivity index is 1.36. The minimum atomic E-state index is -0.891. The van der Waals surface area contributed by atoms with Gasteiger partial charge in [-0.15, -0.1) is 0 Å². The van der Waals surface area contributed by atoms with Crippen molar-refractivity contribution in [3.05, 3.63) is 108 Å². The van der Waals surface area contributed by atoms with Gasteiger partial charge in [-0.25, -0.2) is 4.79 Å². The van der Waals surface area contributed by atoms with Crippen LogP contribution >= 0.6 is 0 Å². The number of ether oxygens (including phenoxy) is 1. The summed E-state index contributed by atoms with van der Waals surface area (Å²) in [6.07, 6.45) is 2.30. The maximum absolute atomic E-state index is 12.9. The molecule has 36 heavy (non-hydrogen) atoms. The van der Waals surface area contributed by atoms with Gasteiger partial charge in [0.25, 0.3) is 5.91 Å². The summed E-state index contributed by atoms with van der Waals surface area (Å²) in [5.74, 6) is -1.23. The highest BCUT2D eigenvalue weighted by molar-refractivity contribution is 6.02. The van der Waals surface area contributed by atoms with Gasteiger partial charge in [0.2, 0.25) is 0 Å². The van der Waals surface area contributed by atoms with E-state index in [9.17, 15) is 14.7 Å². The van der Waals surface area contributed by atoms with Crippen LogP contribution in [0.1, 0.15) is 27.9 Å². The number of phenols is 1. The Kier molecular flexibility index (Phi) is 8.19. The fourth-order valence-electron chi connectivity index (χ4n) is 4.15. The van der Waals surface area contributed by atoms with Gasteiger partial charge in [-0.2, -0.15) is 0 Å². The SMILES string of the molecule is COC(=O)C(Cc1ccc(NCCCc2ccccc2)cc1)NC(=O)c1cc2ccccc2cc1O. The molecule has 0 radical (unpaired) electrons. The van der Waals surface area contributed by atoms with Gasteiger partial charge >= 0.3 is 5.97 Å². The number of carbonyl (C=O) groups is 2. The van der Waals surface area contributed by atoms with Gasteiger partial charge < -0.3 is 20.5 Å². The molecule has 1 amide bonds. The van der Waals surface area contributed by atoms with E-state index in [1.54, 1.807) is 12.1 Å². The van der Waals surface area contributed by atoms with Gasteiger partial charge in [-0.1, -0.05) is 66.7 Å². The molecule has 0 bridgehead atoms. The molecule has 4 rings (SSSR count). The third-order valence-corrected chi connectivity index (χ3v) is 6.11. The van der Waals surface area contributed by atoms with Crippen LogP contribution in [0.3, 0.4) is 0 Å². The van der Waals surface area contributed by atoms with E-state index < -0.39 is 17.9 Å². The maximum Gasteiger partial charge on any atom is 0.328 e. The summed E-state index contributed by atoms with van der Waals surface area (Å²) in [4.78, 5) is 25.4. The van der Waals surface area contributed by atoms with Crippen molar-refractivity contribution in [1.82, 2.24) is 5.32 Å². The highest BCUT2D eigenvalue weighted by atomic mass is 16.5. The van der Waals surface area contributed by atoms with Crippen molar-refractivity contribution < 1.29 is 19.4 Å². The molecule has 0 aliphatic carbocycles. The van der Waals surface area contributed by atoms with Crippen molar-refractivity contribution in [2.24, 2.45) is 0 Å². The molecule has 6 nitrogen and oxygen atoms in total. The summed E-state index contributed by atoms with van der Waals surface area (Å²) in [5, 5.41) is 18.2. The Labute approximate surface area is 210 Å². The smallest absolute Gasteiger partial charge is 0.328 e. The van der Waals surface area contributed by atoms with E-state index in [4.69, 9.17) is 4.74 Å². The quantitative estimate of drug-likeness (QED) is 0.216. The van der Waals surface area contributed by atoms with Crippen LogP contribution in [0.5, 0.6) is 5.75 Å². The van der Waals surface area contributed by atoms with Crippen LogP contribution in [0.4, 0.5) is 5.69 Å². The van der Waals surface area contributed by atoms with Gasteiger partial charge in [0.1, 0.15) is 11.8 Å². The Bertz CT molecular complexity index is 1320. The van der Waals surface area contributed by atoms with Crippen LogP contribution in [0.15, 0.2) is 91.0 Å². The molecule has 0 aromatic heterocycles. The lowest BCUT2D eigenvalue weighted by Gasteiger charge is -2.18. The number of phenolic OH excluding ortho intramolecular Hbond substituents is 1. The highest BCUT2D eigenvalue weighted by Gasteiger charge is 2.24. The standard InChI is InChI=1S/C30H30N2O4/c1-36-30(35)27(32-29(34)26-19-23-11-5-6-12-24(23)20-28(26)33)18-22-13-15-25(16-14-22)31-17-7-10-21-8-3-2-4-9-21/h2-6,8-9,11-16,19-20,27,31,33H,7,10,17-18H2,1H3,(H,32,34). The average Bonchev–Trinajstić information content (AvgIpc) is 2.91. The molecule has 0 saturated carbocycles. The summed E-state index contributed by atoms with van der Waals surface area (Å²) < 4.78 is 4.92. The molecular formula is C30H30N2O4. The number of benzene rings is 4. The molecule has 0 aliphatic rings. The maximum atomic E-state index is 12.9. The van der Waals surface area contributed by atoms with E-state index in [1.165, 1.54) is 12.7 Å². The summed E-state index contributed by atoms with van der Waals surface area (Å²) >= 11 is 0. The van der Waals surface area contributed by atoms with Gasteiger partial charge in [-0.3, -0.25) is 4.79 Å². The molecule has 1 unspecified atom stereocenters. The van der Waals surface area contributed by atoms with E-state index in [1.807, 2.05) is 54.6 Å². The van der Waals surface area contributed by atoms with Gasteiger partial charge in [0, 0.05) is 18.7 Å². The molecule has 0 saturated heterocycles. The summed E-state index contributed by atoms with van der Waals surface area (Å²) in [5.41, 5.74) is 3.30. The molecule has 0 heterocycles. The second-order valence-corrected chi connectivity index (χ2v) is 8.68. The lowest BCUT2D eigenvalue weighted by atomic mass is 10.0. The minimum Gasteiger partial charge on any atom is -0.507 e. The van der Waals surface area contributed by atoms with E-state index in [0.717, 1.165) is 41.4 Å². The van der Waals surface area contributed by atoms with Gasteiger partial charge in [0.05, 0.1) is 12.7 Å². The number of aryl methyl sites for hydroxylation is 1. The highest BCUT2D eigenvalue weighted by Crippen LogP contribution is 2.25. The third-order valence-electron chi connectivity index (χ3n) is 6.11. The Morgan fingerprint density at radius 1 is 0.861 bits per heavy atom. The number of anilines is 1. The van der Waals surface area contributed by atoms with Gasteiger partial charge in [0.15, 0.2) is 0 Å². The number of hydrogen-bond acceptors (Lipinski definition) is 5. The number of nitrogens with one attached hydrogen (secondary N) is 2. The second-order valence-electron chi connectivity index (χ2n) is 8.68. The first-order valence-corrected chi connectivity index (χ1v) is 12.0.